The van der Waals surface area contributed by atoms with E-state index in [0.717, 1.165) is 33.7 Å². The van der Waals surface area contributed by atoms with Gasteiger partial charge in [0.2, 0.25) is 0 Å². The number of ether oxygens (including phenoxy) is 1. The number of nitrogens with zero attached hydrogens (tertiary/aromatic N) is 3. The van der Waals surface area contributed by atoms with Gasteiger partial charge in [-0.3, -0.25) is 4.57 Å². The standard InChI is InChI=1S/C23H20ClN3OS/c1-17-6-5-7-20(16-17)27-22(18-10-12-19(24)13-11-18)25-26-23(27)29-15-14-28-21-8-3-2-4-9-21/h2-13,16H,14-15H2,1H3. The zero-order chi connectivity index (χ0) is 20.1. The van der Waals surface area contributed by atoms with Gasteiger partial charge < -0.3 is 4.74 Å². The van der Waals surface area contributed by atoms with Crippen LogP contribution in [0, 0.1) is 6.92 Å². The molecule has 0 atom stereocenters. The van der Waals surface area contributed by atoms with Crippen LogP contribution in [0.4, 0.5) is 0 Å². The first kappa shape index (κ1) is 19.6. The molecule has 0 radical (unpaired) electrons. The van der Waals surface area contributed by atoms with Crippen molar-refractivity contribution in [2.75, 3.05) is 12.4 Å². The molecule has 4 rings (SSSR count). The van der Waals surface area contributed by atoms with Crippen LogP contribution >= 0.6 is 23.4 Å². The van der Waals surface area contributed by atoms with Gasteiger partial charge in [-0.15, -0.1) is 10.2 Å². The molecule has 0 amide bonds. The third-order valence-electron chi connectivity index (χ3n) is 4.32. The molecule has 0 unspecified atom stereocenters. The maximum absolute atomic E-state index is 6.06. The highest BCUT2D eigenvalue weighted by atomic mass is 35.5. The van der Waals surface area contributed by atoms with Crippen molar-refractivity contribution in [3.05, 3.63) is 89.4 Å². The molecule has 6 heteroatoms. The van der Waals surface area contributed by atoms with E-state index in [1.165, 1.54) is 5.56 Å². The Morgan fingerprint density at radius 1 is 0.931 bits per heavy atom. The summed E-state index contributed by atoms with van der Waals surface area (Å²) in [7, 11) is 0. The summed E-state index contributed by atoms with van der Waals surface area (Å²) >= 11 is 7.68. The topological polar surface area (TPSA) is 39.9 Å². The molecule has 0 aliphatic carbocycles. The van der Waals surface area contributed by atoms with E-state index in [-0.39, 0.29) is 0 Å². The van der Waals surface area contributed by atoms with Crippen LogP contribution in [-0.4, -0.2) is 27.1 Å². The van der Waals surface area contributed by atoms with Crippen LogP contribution < -0.4 is 4.74 Å². The fourth-order valence-electron chi connectivity index (χ4n) is 2.96. The minimum Gasteiger partial charge on any atom is -0.493 e. The highest BCUT2D eigenvalue weighted by molar-refractivity contribution is 7.99. The van der Waals surface area contributed by atoms with Crippen LogP contribution in [0.3, 0.4) is 0 Å². The molecule has 1 aromatic heterocycles. The van der Waals surface area contributed by atoms with Gasteiger partial charge in [0.05, 0.1) is 6.61 Å². The zero-order valence-corrected chi connectivity index (χ0v) is 17.5. The number of para-hydroxylation sites is 1. The molecule has 29 heavy (non-hydrogen) atoms. The van der Waals surface area contributed by atoms with Gasteiger partial charge in [0, 0.05) is 22.0 Å². The van der Waals surface area contributed by atoms with Crippen molar-refractivity contribution in [1.29, 1.82) is 0 Å². The first-order chi connectivity index (χ1) is 14.2. The molecule has 4 aromatic rings. The first-order valence-electron chi connectivity index (χ1n) is 9.30. The van der Waals surface area contributed by atoms with Gasteiger partial charge in [-0.05, 0) is 61.0 Å². The Morgan fingerprint density at radius 2 is 1.72 bits per heavy atom. The predicted octanol–water partition coefficient (Wildman–Crippen LogP) is 6.07. The van der Waals surface area contributed by atoms with Crippen molar-refractivity contribution in [3.63, 3.8) is 0 Å². The van der Waals surface area contributed by atoms with E-state index < -0.39 is 0 Å². The van der Waals surface area contributed by atoms with E-state index >= 15 is 0 Å². The van der Waals surface area contributed by atoms with Crippen LogP contribution in [0.15, 0.2) is 84.0 Å². The molecule has 0 spiro atoms. The minimum atomic E-state index is 0.589. The van der Waals surface area contributed by atoms with Gasteiger partial charge in [-0.25, -0.2) is 0 Å². The highest BCUT2D eigenvalue weighted by Gasteiger charge is 2.16. The van der Waals surface area contributed by atoms with Crippen LogP contribution in [-0.2, 0) is 0 Å². The van der Waals surface area contributed by atoms with Crippen molar-refractivity contribution in [2.45, 2.75) is 12.1 Å². The summed E-state index contributed by atoms with van der Waals surface area (Å²) in [5.74, 6) is 2.42. The van der Waals surface area contributed by atoms with Crippen molar-refractivity contribution >= 4 is 23.4 Å². The normalized spacial score (nSPS) is 10.8. The molecule has 0 bridgehead atoms. The molecule has 0 saturated carbocycles. The SMILES string of the molecule is Cc1cccc(-n2c(SCCOc3ccccc3)nnc2-c2ccc(Cl)cc2)c1. The summed E-state index contributed by atoms with van der Waals surface area (Å²) in [6, 6.07) is 25.8. The van der Waals surface area contributed by atoms with Gasteiger partial charge >= 0.3 is 0 Å². The average molecular weight is 422 g/mol. The lowest BCUT2D eigenvalue weighted by molar-refractivity contribution is 0.344. The lowest BCUT2D eigenvalue weighted by Gasteiger charge is -2.11. The fraction of sp³-hybridized carbons (Fsp3) is 0.130. The molecular weight excluding hydrogens is 402 g/mol. The maximum atomic E-state index is 6.06. The Bertz CT molecular complexity index is 1080. The quantitative estimate of drug-likeness (QED) is 0.268. The summed E-state index contributed by atoms with van der Waals surface area (Å²) in [6.45, 7) is 2.67. The zero-order valence-electron chi connectivity index (χ0n) is 16.0. The molecule has 1 heterocycles. The molecule has 0 N–H and O–H groups in total. The second-order valence-corrected chi connectivity index (χ2v) is 8.00. The number of hydrogen-bond acceptors (Lipinski definition) is 4. The summed E-state index contributed by atoms with van der Waals surface area (Å²) in [5.41, 5.74) is 3.18. The average Bonchev–Trinajstić information content (AvgIpc) is 3.16. The summed E-state index contributed by atoms with van der Waals surface area (Å²) in [5, 5.41) is 10.4. The smallest absolute Gasteiger partial charge is 0.196 e. The molecule has 0 fully saturated rings. The lowest BCUT2D eigenvalue weighted by Crippen LogP contribution is -2.03. The van der Waals surface area contributed by atoms with E-state index in [2.05, 4.69) is 39.9 Å². The Morgan fingerprint density at radius 3 is 2.48 bits per heavy atom. The molecular formula is C23H20ClN3OS. The molecule has 3 aromatic carbocycles. The fourth-order valence-corrected chi connectivity index (χ4v) is 3.85. The maximum Gasteiger partial charge on any atom is 0.196 e. The third kappa shape index (κ3) is 4.81. The van der Waals surface area contributed by atoms with Crippen molar-refractivity contribution in [2.24, 2.45) is 0 Å². The summed E-state index contributed by atoms with van der Waals surface area (Å²) in [6.07, 6.45) is 0. The Labute approximate surface area is 179 Å². The van der Waals surface area contributed by atoms with E-state index in [4.69, 9.17) is 16.3 Å². The van der Waals surface area contributed by atoms with Crippen LogP contribution in [0.1, 0.15) is 5.56 Å². The Kier molecular flexibility index (Phi) is 6.17. The number of benzene rings is 3. The van der Waals surface area contributed by atoms with E-state index in [0.29, 0.717) is 11.6 Å². The molecule has 146 valence electrons. The summed E-state index contributed by atoms with van der Waals surface area (Å²) < 4.78 is 7.89. The monoisotopic (exact) mass is 421 g/mol. The summed E-state index contributed by atoms with van der Waals surface area (Å²) in [4.78, 5) is 0. The van der Waals surface area contributed by atoms with Crippen LogP contribution in [0.5, 0.6) is 5.75 Å². The number of halogens is 1. The van der Waals surface area contributed by atoms with E-state index in [1.54, 1.807) is 11.8 Å². The highest BCUT2D eigenvalue weighted by Crippen LogP contribution is 2.29. The molecule has 0 aliphatic heterocycles. The van der Waals surface area contributed by atoms with E-state index in [1.807, 2.05) is 60.7 Å². The number of aryl methyl sites for hydroxylation is 1. The molecule has 4 nitrogen and oxygen atoms in total. The lowest BCUT2D eigenvalue weighted by atomic mass is 10.2. The Balaban J connectivity index is 1.59. The van der Waals surface area contributed by atoms with Crippen molar-refractivity contribution in [3.8, 4) is 22.8 Å². The molecule has 0 aliphatic rings. The third-order valence-corrected chi connectivity index (χ3v) is 5.47. The van der Waals surface area contributed by atoms with Crippen LogP contribution in [0.2, 0.25) is 5.02 Å². The second-order valence-electron chi connectivity index (χ2n) is 6.50. The molecule has 0 saturated heterocycles. The predicted molar refractivity (Wildman–Crippen MR) is 119 cm³/mol. The number of hydrogen-bond donors (Lipinski definition) is 0. The number of aromatic nitrogens is 3. The van der Waals surface area contributed by atoms with Crippen molar-refractivity contribution in [1.82, 2.24) is 14.8 Å². The van der Waals surface area contributed by atoms with Gasteiger partial charge in [0.1, 0.15) is 5.75 Å². The van der Waals surface area contributed by atoms with Gasteiger partial charge in [0.25, 0.3) is 0 Å². The first-order valence-corrected chi connectivity index (χ1v) is 10.7. The van der Waals surface area contributed by atoms with Gasteiger partial charge in [-0.1, -0.05) is 53.7 Å². The minimum absolute atomic E-state index is 0.589. The van der Waals surface area contributed by atoms with Crippen LogP contribution in [0.25, 0.3) is 17.1 Å². The van der Waals surface area contributed by atoms with Gasteiger partial charge in [0.15, 0.2) is 11.0 Å². The number of rotatable bonds is 7. The Hall–Kier alpha value is -2.76. The van der Waals surface area contributed by atoms with Crippen molar-refractivity contribution < 1.29 is 4.74 Å². The van der Waals surface area contributed by atoms with Gasteiger partial charge in [-0.2, -0.15) is 0 Å². The second kappa shape index (κ2) is 9.16. The van der Waals surface area contributed by atoms with E-state index in [9.17, 15) is 0 Å². The largest absolute Gasteiger partial charge is 0.493 e. The number of thioether (sulfide) groups is 1.